The van der Waals surface area contributed by atoms with Crippen molar-refractivity contribution in [2.45, 2.75) is 45.7 Å². The van der Waals surface area contributed by atoms with Crippen LogP contribution in [0.5, 0.6) is 0 Å². The standard InChI is InChI=1S/C30H34FN5/c1-4-30(2,3)33-17-21-11-13-34(18-21)26-9-10-27-24(15-26)20-35-19-23(22-5-7-25(31)8-6-22)16-28(35)29-32-12-14-36(27)29/h5-10,12,14-16,19,21,33H,4,11,13,17-18,20H2,1-3H3/t21-/m0/s1. The van der Waals surface area contributed by atoms with E-state index < -0.39 is 0 Å². The van der Waals surface area contributed by atoms with Crippen LogP contribution in [-0.4, -0.2) is 39.3 Å². The molecule has 0 aliphatic carbocycles. The Morgan fingerprint density at radius 1 is 1.08 bits per heavy atom. The van der Waals surface area contributed by atoms with Gasteiger partial charge in [-0.2, -0.15) is 0 Å². The second-order valence-corrected chi connectivity index (χ2v) is 10.9. The van der Waals surface area contributed by atoms with Crippen LogP contribution in [0.3, 0.4) is 0 Å². The summed E-state index contributed by atoms with van der Waals surface area (Å²) < 4.78 is 17.9. The zero-order valence-electron chi connectivity index (χ0n) is 21.3. The van der Waals surface area contributed by atoms with Crippen LogP contribution in [0.25, 0.3) is 28.3 Å². The molecule has 0 bridgehead atoms. The van der Waals surface area contributed by atoms with Crippen molar-refractivity contribution in [1.29, 1.82) is 0 Å². The molecule has 6 rings (SSSR count). The summed E-state index contributed by atoms with van der Waals surface area (Å²) in [5, 5.41) is 3.76. The van der Waals surface area contributed by atoms with Crippen molar-refractivity contribution < 1.29 is 4.39 Å². The maximum Gasteiger partial charge on any atom is 0.161 e. The molecule has 2 aromatic carbocycles. The van der Waals surface area contributed by atoms with Crippen LogP contribution in [0, 0.1) is 11.7 Å². The molecule has 1 saturated heterocycles. The molecule has 4 aromatic rings. The summed E-state index contributed by atoms with van der Waals surface area (Å²) in [6.45, 7) is 10.8. The van der Waals surface area contributed by atoms with Crippen LogP contribution in [-0.2, 0) is 6.54 Å². The van der Waals surface area contributed by atoms with Crippen LogP contribution in [0.4, 0.5) is 10.1 Å². The maximum atomic E-state index is 13.5. The third-order valence-electron chi connectivity index (χ3n) is 8.01. The Morgan fingerprint density at radius 3 is 2.72 bits per heavy atom. The SMILES string of the molecule is CCC(C)(C)NC[C@@H]1CCN(c2ccc3c(c2)Cn2cc(-c4ccc(F)cc4)cc2-c2nccn2-3)C1. The van der Waals surface area contributed by atoms with E-state index in [0.717, 1.165) is 55.2 Å². The fourth-order valence-electron chi connectivity index (χ4n) is 5.41. The molecule has 2 aliphatic rings. The summed E-state index contributed by atoms with van der Waals surface area (Å²) in [5.41, 5.74) is 7.10. The van der Waals surface area contributed by atoms with Gasteiger partial charge in [0.1, 0.15) is 5.82 Å². The van der Waals surface area contributed by atoms with Crippen LogP contribution < -0.4 is 10.2 Å². The van der Waals surface area contributed by atoms with Gasteiger partial charge in [-0.25, -0.2) is 9.37 Å². The molecule has 0 radical (unpaired) electrons. The molecule has 1 atom stereocenters. The molecule has 0 unspecified atom stereocenters. The normalized spacial score (nSPS) is 17.0. The average molecular weight is 484 g/mol. The fourth-order valence-corrected chi connectivity index (χ4v) is 5.41. The third kappa shape index (κ3) is 4.24. The largest absolute Gasteiger partial charge is 0.371 e. The molecule has 0 saturated carbocycles. The molecular weight excluding hydrogens is 449 g/mol. The van der Waals surface area contributed by atoms with Crippen molar-refractivity contribution in [3.63, 3.8) is 0 Å². The molecule has 2 aromatic heterocycles. The predicted molar refractivity (Wildman–Crippen MR) is 144 cm³/mol. The minimum Gasteiger partial charge on any atom is -0.371 e. The first kappa shape index (κ1) is 23.0. The van der Waals surface area contributed by atoms with Crippen molar-refractivity contribution >= 4 is 5.69 Å². The number of nitrogens with zero attached hydrogens (tertiary/aromatic N) is 4. The molecule has 6 heteroatoms. The lowest BCUT2D eigenvalue weighted by molar-refractivity contribution is 0.346. The second-order valence-electron chi connectivity index (χ2n) is 10.9. The van der Waals surface area contributed by atoms with Gasteiger partial charge in [0.15, 0.2) is 5.82 Å². The van der Waals surface area contributed by atoms with Gasteiger partial charge in [-0.1, -0.05) is 19.1 Å². The van der Waals surface area contributed by atoms with Gasteiger partial charge in [-0.3, -0.25) is 4.57 Å². The van der Waals surface area contributed by atoms with Crippen molar-refractivity contribution in [2.24, 2.45) is 5.92 Å². The molecule has 36 heavy (non-hydrogen) atoms. The summed E-state index contributed by atoms with van der Waals surface area (Å²) in [6.07, 6.45) is 8.42. The number of nitrogens with one attached hydrogen (secondary N) is 1. The molecule has 1 N–H and O–H groups in total. The highest BCUT2D eigenvalue weighted by Gasteiger charge is 2.27. The Hall–Kier alpha value is -3.38. The number of fused-ring (bicyclic) bond motifs is 5. The number of anilines is 1. The summed E-state index contributed by atoms with van der Waals surface area (Å²) in [5.74, 6) is 1.38. The molecular formula is C30H34FN5. The maximum absolute atomic E-state index is 13.5. The van der Waals surface area contributed by atoms with E-state index in [9.17, 15) is 4.39 Å². The highest BCUT2D eigenvalue weighted by molar-refractivity contribution is 5.72. The first-order valence-electron chi connectivity index (χ1n) is 13.0. The Kier molecular flexibility index (Phi) is 5.72. The lowest BCUT2D eigenvalue weighted by Gasteiger charge is -2.27. The van der Waals surface area contributed by atoms with Crippen LogP contribution in [0.15, 0.2) is 67.1 Å². The minimum absolute atomic E-state index is 0.196. The lowest BCUT2D eigenvalue weighted by Crippen LogP contribution is -2.41. The number of benzene rings is 2. The smallest absolute Gasteiger partial charge is 0.161 e. The topological polar surface area (TPSA) is 38.0 Å². The van der Waals surface area contributed by atoms with Gasteiger partial charge in [0, 0.05) is 61.6 Å². The van der Waals surface area contributed by atoms with E-state index in [4.69, 9.17) is 4.98 Å². The second kappa shape index (κ2) is 8.93. The molecule has 0 spiro atoms. The summed E-state index contributed by atoms with van der Waals surface area (Å²) >= 11 is 0. The molecule has 4 heterocycles. The predicted octanol–water partition coefficient (Wildman–Crippen LogP) is 6.11. The highest BCUT2D eigenvalue weighted by atomic mass is 19.1. The number of aromatic nitrogens is 3. The Morgan fingerprint density at radius 2 is 1.92 bits per heavy atom. The monoisotopic (exact) mass is 483 g/mol. The average Bonchev–Trinajstić information content (AvgIpc) is 3.62. The van der Waals surface area contributed by atoms with E-state index >= 15 is 0 Å². The van der Waals surface area contributed by atoms with E-state index in [0.29, 0.717) is 5.92 Å². The fraction of sp³-hybridized carbons (Fsp3) is 0.367. The van der Waals surface area contributed by atoms with Crippen LogP contribution in [0.1, 0.15) is 39.2 Å². The summed E-state index contributed by atoms with van der Waals surface area (Å²) in [6, 6.07) is 15.7. The Labute approximate surface area is 212 Å². The van der Waals surface area contributed by atoms with Gasteiger partial charge in [0.05, 0.1) is 11.4 Å². The van der Waals surface area contributed by atoms with Gasteiger partial charge >= 0.3 is 0 Å². The van der Waals surface area contributed by atoms with E-state index in [1.165, 1.54) is 35.5 Å². The Balaban J connectivity index is 1.28. The van der Waals surface area contributed by atoms with Gasteiger partial charge in [0.25, 0.3) is 0 Å². The number of hydrogen-bond donors (Lipinski definition) is 1. The number of rotatable bonds is 6. The van der Waals surface area contributed by atoms with E-state index in [2.05, 4.69) is 70.6 Å². The van der Waals surface area contributed by atoms with Crippen molar-refractivity contribution in [3.05, 3.63) is 78.5 Å². The number of halogens is 1. The lowest BCUT2D eigenvalue weighted by atomic mass is 10.00. The van der Waals surface area contributed by atoms with Crippen LogP contribution in [0.2, 0.25) is 0 Å². The first-order chi connectivity index (χ1) is 17.4. The van der Waals surface area contributed by atoms with Crippen LogP contribution >= 0.6 is 0 Å². The van der Waals surface area contributed by atoms with Crippen molar-refractivity contribution in [2.75, 3.05) is 24.5 Å². The molecule has 2 aliphatic heterocycles. The zero-order valence-corrected chi connectivity index (χ0v) is 21.3. The molecule has 5 nitrogen and oxygen atoms in total. The van der Waals surface area contributed by atoms with Gasteiger partial charge < -0.3 is 14.8 Å². The number of imidazole rings is 1. The van der Waals surface area contributed by atoms with Crippen molar-refractivity contribution in [1.82, 2.24) is 19.4 Å². The van der Waals surface area contributed by atoms with Gasteiger partial charge in [0.2, 0.25) is 0 Å². The number of hydrogen-bond acceptors (Lipinski definition) is 3. The molecule has 0 amide bonds. The third-order valence-corrected chi connectivity index (χ3v) is 8.01. The van der Waals surface area contributed by atoms with Crippen molar-refractivity contribution in [3.8, 4) is 28.3 Å². The molecule has 1 fully saturated rings. The minimum atomic E-state index is -0.217. The Bertz CT molecular complexity index is 1380. The highest BCUT2D eigenvalue weighted by Crippen LogP contribution is 2.36. The molecule has 186 valence electrons. The summed E-state index contributed by atoms with van der Waals surface area (Å²) in [7, 11) is 0. The van der Waals surface area contributed by atoms with Gasteiger partial charge in [-0.15, -0.1) is 0 Å². The van der Waals surface area contributed by atoms with E-state index in [-0.39, 0.29) is 11.4 Å². The summed E-state index contributed by atoms with van der Waals surface area (Å²) in [4.78, 5) is 7.23. The van der Waals surface area contributed by atoms with Gasteiger partial charge in [-0.05, 0) is 80.1 Å². The van der Waals surface area contributed by atoms with E-state index in [1.807, 2.05) is 24.5 Å². The van der Waals surface area contributed by atoms with E-state index in [1.54, 1.807) is 0 Å². The quantitative estimate of drug-likeness (QED) is 0.317. The first-order valence-corrected chi connectivity index (χ1v) is 13.0. The zero-order chi connectivity index (χ0) is 24.9.